The Labute approximate surface area is 141 Å². The summed E-state index contributed by atoms with van der Waals surface area (Å²) in [5.74, 6) is -1.23. The second-order valence-electron chi connectivity index (χ2n) is 5.35. The summed E-state index contributed by atoms with van der Waals surface area (Å²) in [4.78, 5) is 27.5. The molecule has 0 saturated carbocycles. The molecule has 22 heavy (non-hydrogen) atoms. The van der Waals surface area contributed by atoms with Gasteiger partial charge in [0, 0.05) is 12.0 Å². The molecule has 1 aromatic heterocycles. The van der Waals surface area contributed by atoms with E-state index in [9.17, 15) is 14.7 Å². The second kappa shape index (κ2) is 7.89. The highest BCUT2D eigenvalue weighted by Gasteiger charge is 2.35. The Hall–Kier alpha value is -1.19. The van der Waals surface area contributed by atoms with Gasteiger partial charge in [-0.1, -0.05) is 0 Å². The maximum atomic E-state index is 11.8. The summed E-state index contributed by atoms with van der Waals surface area (Å²) in [6, 6.07) is -1.30. The van der Waals surface area contributed by atoms with Crippen molar-refractivity contribution < 1.29 is 24.2 Å². The van der Waals surface area contributed by atoms with Crippen molar-refractivity contribution in [3.05, 3.63) is 15.0 Å². The quantitative estimate of drug-likeness (QED) is 0.769. The first kappa shape index (κ1) is 18.9. The van der Waals surface area contributed by atoms with Gasteiger partial charge in [-0.2, -0.15) is 0 Å². The lowest BCUT2D eigenvalue weighted by Crippen LogP contribution is -2.47. The van der Waals surface area contributed by atoms with Crippen LogP contribution in [-0.4, -0.2) is 40.4 Å². The summed E-state index contributed by atoms with van der Waals surface area (Å²) < 4.78 is 11.1. The molecule has 7 nitrogen and oxygen atoms in total. The third-order valence-corrected chi connectivity index (χ3v) is 3.94. The maximum absolute atomic E-state index is 11.8. The van der Waals surface area contributed by atoms with Crippen molar-refractivity contribution in [2.45, 2.75) is 45.4 Å². The average Bonchev–Trinajstić information content (AvgIpc) is 2.77. The van der Waals surface area contributed by atoms with E-state index in [0.29, 0.717) is 9.61 Å². The lowest BCUT2D eigenvalue weighted by Gasteiger charge is -2.25. The lowest BCUT2D eigenvalue weighted by atomic mass is 10.1. The second-order valence-corrected chi connectivity index (χ2v) is 7.05. The molecule has 0 radical (unpaired) electrons. The van der Waals surface area contributed by atoms with E-state index in [4.69, 9.17) is 9.47 Å². The number of carbonyl (C=O) groups excluding carboxylic acids is 1. The van der Waals surface area contributed by atoms with Crippen molar-refractivity contribution in [2.75, 3.05) is 6.61 Å². The number of aliphatic carboxylic acids is 1. The minimum absolute atomic E-state index is 0.279. The van der Waals surface area contributed by atoms with Crippen LogP contribution in [0.3, 0.4) is 0 Å². The topological polar surface area (TPSA) is 97.8 Å². The highest BCUT2D eigenvalue weighted by molar-refractivity contribution is 9.10. The molecule has 0 aliphatic carbocycles. The normalized spacial score (nSPS) is 14.2. The number of carboxylic acids is 1. The van der Waals surface area contributed by atoms with E-state index >= 15 is 0 Å². The Morgan fingerprint density at radius 3 is 2.55 bits per heavy atom. The number of carbonyl (C=O) groups is 2. The predicted molar refractivity (Wildman–Crippen MR) is 85.0 cm³/mol. The Kier molecular flexibility index (Phi) is 6.76. The fraction of sp³-hybridized carbons (Fsp3) is 0.615. The SMILES string of the molecule is CCOC(c1nc(Br)cs1)[C@H](NC(=O)OC(C)(C)C)C(=O)O. The minimum Gasteiger partial charge on any atom is -0.480 e. The van der Waals surface area contributed by atoms with Crippen LogP contribution in [0, 0.1) is 0 Å². The van der Waals surface area contributed by atoms with Crippen LogP contribution >= 0.6 is 27.3 Å². The molecule has 0 aromatic carbocycles. The zero-order valence-corrected chi connectivity index (χ0v) is 15.2. The molecule has 2 atom stereocenters. The molecule has 0 aliphatic heterocycles. The van der Waals surface area contributed by atoms with E-state index < -0.39 is 29.8 Å². The number of nitrogens with one attached hydrogen (secondary N) is 1. The van der Waals surface area contributed by atoms with E-state index in [1.807, 2.05) is 0 Å². The molecular weight excluding hydrogens is 376 g/mol. The van der Waals surface area contributed by atoms with Crippen LogP contribution < -0.4 is 5.32 Å². The summed E-state index contributed by atoms with van der Waals surface area (Å²) in [6.45, 7) is 7.10. The number of halogens is 1. The summed E-state index contributed by atoms with van der Waals surface area (Å²) in [5, 5.41) is 13.9. The number of hydrogen-bond donors (Lipinski definition) is 2. The van der Waals surface area contributed by atoms with Gasteiger partial charge in [-0.25, -0.2) is 14.6 Å². The van der Waals surface area contributed by atoms with Crippen LogP contribution in [0.15, 0.2) is 9.98 Å². The molecule has 1 amide bonds. The minimum atomic E-state index is -1.30. The number of rotatable bonds is 6. The molecule has 0 bridgehead atoms. The third-order valence-electron chi connectivity index (χ3n) is 2.32. The van der Waals surface area contributed by atoms with Gasteiger partial charge in [0.1, 0.15) is 21.3 Å². The molecule has 2 N–H and O–H groups in total. The van der Waals surface area contributed by atoms with Crippen molar-refractivity contribution >= 4 is 39.3 Å². The van der Waals surface area contributed by atoms with Gasteiger partial charge in [0.05, 0.1) is 0 Å². The van der Waals surface area contributed by atoms with Crippen molar-refractivity contribution in [1.82, 2.24) is 10.3 Å². The number of hydrogen-bond acceptors (Lipinski definition) is 6. The van der Waals surface area contributed by atoms with Crippen LogP contribution in [0.25, 0.3) is 0 Å². The van der Waals surface area contributed by atoms with Gasteiger partial charge in [-0.05, 0) is 43.6 Å². The number of carboxylic acid groups (broad SMARTS) is 1. The van der Waals surface area contributed by atoms with Gasteiger partial charge in [-0.3, -0.25) is 0 Å². The Bertz CT molecular complexity index is 529. The standard InChI is InChI=1S/C13H19BrN2O5S/c1-5-20-9(10-15-7(14)6-22-10)8(11(17)18)16-12(19)21-13(2,3)4/h6,8-9H,5H2,1-4H3,(H,16,19)(H,17,18)/t8-,9?/m0/s1. The van der Waals surface area contributed by atoms with Gasteiger partial charge < -0.3 is 19.9 Å². The monoisotopic (exact) mass is 394 g/mol. The lowest BCUT2D eigenvalue weighted by molar-refractivity contribution is -0.144. The molecule has 0 saturated heterocycles. The fourth-order valence-corrected chi connectivity index (χ4v) is 2.94. The molecule has 1 unspecified atom stereocenters. The van der Waals surface area contributed by atoms with Gasteiger partial charge in [-0.15, -0.1) is 11.3 Å². The van der Waals surface area contributed by atoms with Gasteiger partial charge in [0.2, 0.25) is 0 Å². The first-order valence-corrected chi connectivity index (χ1v) is 8.26. The summed E-state index contributed by atoms with van der Waals surface area (Å²) in [7, 11) is 0. The highest BCUT2D eigenvalue weighted by atomic mass is 79.9. The molecule has 1 aromatic rings. The molecule has 0 fully saturated rings. The molecule has 9 heteroatoms. The maximum Gasteiger partial charge on any atom is 0.408 e. The summed E-state index contributed by atoms with van der Waals surface area (Å²) in [5.41, 5.74) is -0.724. The third kappa shape index (κ3) is 5.90. The van der Waals surface area contributed by atoms with Crippen LogP contribution in [0.4, 0.5) is 4.79 Å². The Morgan fingerprint density at radius 1 is 1.50 bits per heavy atom. The van der Waals surface area contributed by atoms with E-state index in [-0.39, 0.29) is 6.61 Å². The number of thiazole rings is 1. The van der Waals surface area contributed by atoms with Crippen LogP contribution in [0.1, 0.15) is 38.8 Å². The van der Waals surface area contributed by atoms with E-state index in [2.05, 4.69) is 26.2 Å². The van der Waals surface area contributed by atoms with E-state index in [1.54, 1.807) is 33.1 Å². The number of amides is 1. The molecular formula is C13H19BrN2O5S. The average molecular weight is 395 g/mol. The van der Waals surface area contributed by atoms with Gasteiger partial charge in [0.25, 0.3) is 0 Å². The molecule has 0 aliphatic rings. The molecule has 1 heterocycles. The number of aromatic nitrogens is 1. The first-order chi connectivity index (χ1) is 10.1. The van der Waals surface area contributed by atoms with Crippen molar-refractivity contribution in [2.24, 2.45) is 0 Å². The first-order valence-electron chi connectivity index (χ1n) is 6.59. The highest BCUT2D eigenvalue weighted by Crippen LogP contribution is 2.27. The number of nitrogens with zero attached hydrogens (tertiary/aromatic N) is 1. The fourth-order valence-electron chi connectivity index (χ4n) is 1.59. The molecule has 1 rings (SSSR count). The van der Waals surface area contributed by atoms with Crippen molar-refractivity contribution in [3.8, 4) is 0 Å². The zero-order valence-electron chi connectivity index (χ0n) is 12.8. The van der Waals surface area contributed by atoms with Gasteiger partial charge in [0.15, 0.2) is 6.04 Å². The van der Waals surface area contributed by atoms with Crippen LogP contribution in [-0.2, 0) is 14.3 Å². The van der Waals surface area contributed by atoms with Crippen LogP contribution in [0.2, 0.25) is 0 Å². The Balaban J connectivity index is 2.94. The van der Waals surface area contributed by atoms with Gasteiger partial charge >= 0.3 is 12.1 Å². The predicted octanol–water partition coefficient (Wildman–Crippen LogP) is 2.96. The zero-order chi connectivity index (χ0) is 16.9. The van der Waals surface area contributed by atoms with E-state index in [0.717, 1.165) is 0 Å². The molecule has 0 spiro atoms. The van der Waals surface area contributed by atoms with Crippen LogP contribution in [0.5, 0.6) is 0 Å². The largest absolute Gasteiger partial charge is 0.480 e. The smallest absolute Gasteiger partial charge is 0.408 e. The number of alkyl carbamates (subject to hydrolysis) is 1. The van der Waals surface area contributed by atoms with E-state index in [1.165, 1.54) is 11.3 Å². The summed E-state index contributed by atoms with van der Waals surface area (Å²) >= 11 is 4.46. The molecule has 124 valence electrons. The Morgan fingerprint density at radius 2 is 2.14 bits per heavy atom. The van der Waals surface area contributed by atoms with Crippen molar-refractivity contribution in [3.63, 3.8) is 0 Å². The summed E-state index contributed by atoms with van der Waals surface area (Å²) in [6.07, 6.45) is -1.72. The number of ether oxygens (including phenoxy) is 2. The van der Waals surface area contributed by atoms with Crippen molar-refractivity contribution in [1.29, 1.82) is 0 Å².